The molecule has 0 aliphatic rings. The van der Waals surface area contributed by atoms with Crippen LogP contribution in [0.4, 0.5) is 0 Å². The number of nitrogens with zero attached hydrogens (tertiary/aromatic N) is 4. The van der Waals surface area contributed by atoms with Crippen LogP contribution in [0.5, 0.6) is 5.75 Å². The van der Waals surface area contributed by atoms with Crippen molar-refractivity contribution in [3.8, 4) is 5.75 Å². The van der Waals surface area contributed by atoms with Gasteiger partial charge in [-0.2, -0.15) is 0 Å². The molecular weight excluding hydrogens is 498 g/mol. The average molecular weight is 534 g/mol. The van der Waals surface area contributed by atoms with Gasteiger partial charge in [0.25, 0.3) is 0 Å². The molecule has 8 nitrogen and oxygen atoms in total. The van der Waals surface area contributed by atoms with Gasteiger partial charge in [-0.05, 0) is 39.8 Å². The normalized spacial score (nSPS) is 12.5. The second kappa shape index (κ2) is 11.5. The average Bonchev–Trinajstić information content (AvgIpc) is 3.21. The molecule has 0 aliphatic heterocycles. The minimum Gasteiger partial charge on any atom is -0.487 e. The standard InChI is InChI=1S/C29H35N5O3S/c1-8-36-28(35)22(11-20-14-30-17(2)12-32-20)26-27(38-29(5,6)7)25-19(4)24(10-9-23(25)34-26)37-16-21-15-31-18(3)13-33-21/h9-10,12-15,22,34H,8,11,16H2,1-7H3. The van der Waals surface area contributed by atoms with Gasteiger partial charge in [0.05, 0.1) is 35.6 Å². The van der Waals surface area contributed by atoms with Crippen LogP contribution in [0, 0.1) is 20.8 Å². The number of fused-ring (bicyclic) bond motifs is 1. The van der Waals surface area contributed by atoms with E-state index in [4.69, 9.17) is 9.47 Å². The molecule has 0 saturated heterocycles. The van der Waals surface area contributed by atoms with Crippen LogP contribution in [-0.2, 0) is 22.6 Å². The number of benzene rings is 1. The van der Waals surface area contributed by atoms with Gasteiger partial charge < -0.3 is 14.5 Å². The fourth-order valence-electron chi connectivity index (χ4n) is 4.17. The SMILES string of the molecule is CCOC(=O)C(Cc1cnc(C)cn1)c1[nH]c2ccc(OCc3cnc(C)cn3)c(C)c2c1SC(C)(C)C. The molecule has 9 heteroatoms. The van der Waals surface area contributed by atoms with Crippen molar-refractivity contribution in [3.05, 3.63) is 71.0 Å². The Balaban J connectivity index is 1.79. The Hall–Kier alpha value is -3.46. The summed E-state index contributed by atoms with van der Waals surface area (Å²) >= 11 is 1.73. The molecule has 0 radical (unpaired) electrons. The lowest BCUT2D eigenvalue weighted by molar-refractivity contribution is -0.145. The predicted octanol–water partition coefficient (Wildman–Crippen LogP) is 6.03. The van der Waals surface area contributed by atoms with Gasteiger partial charge in [0, 0.05) is 56.8 Å². The smallest absolute Gasteiger partial charge is 0.315 e. The number of hydrogen-bond acceptors (Lipinski definition) is 8. The summed E-state index contributed by atoms with van der Waals surface area (Å²) in [5.74, 6) is -0.0849. The highest BCUT2D eigenvalue weighted by atomic mass is 32.2. The number of H-pyrrole nitrogens is 1. The lowest BCUT2D eigenvalue weighted by Crippen LogP contribution is -2.20. The molecule has 1 aromatic carbocycles. The van der Waals surface area contributed by atoms with E-state index in [-0.39, 0.29) is 10.7 Å². The van der Waals surface area contributed by atoms with Crippen LogP contribution in [0.25, 0.3) is 10.9 Å². The van der Waals surface area contributed by atoms with E-state index in [9.17, 15) is 4.79 Å². The quantitative estimate of drug-likeness (QED) is 0.205. The third kappa shape index (κ3) is 6.51. The molecule has 38 heavy (non-hydrogen) atoms. The number of nitrogens with one attached hydrogen (secondary N) is 1. The fraction of sp³-hybridized carbons (Fsp3) is 0.414. The molecule has 0 fully saturated rings. The van der Waals surface area contributed by atoms with Crippen LogP contribution in [0.2, 0.25) is 0 Å². The molecule has 3 heterocycles. The number of rotatable bonds is 9. The largest absolute Gasteiger partial charge is 0.487 e. The van der Waals surface area contributed by atoms with E-state index in [0.29, 0.717) is 19.6 Å². The van der Waals surface area contributed by atoms with Crippen molar-refractivity contribution in [3.63, 3.8) is 0 Å². The van der Waals surface area contributed by atoms with Crippen molar-refractivity contribution in [1.29, 1.82) is 0 Å². The Labute approximate surface area is 228 Å². The van der Waals surface area contributed by atoms with Gasteiger partial charge in [0.1, 0.15) is 18.3 Å². The third-order valence-electron chi connectivity index (χ3n) is 5.94. The van der Waals surface area contributed by atoms with Crippen molar-refractivity contribution in [2.75, 3.05) is 6.61 Å². The zero-order valence-corrected chi connectivity index (χ0v) is 23.9. The molecule has 0 saturated carbocycles. The van der Waals surface area contributed by atoms with Gasteiger partial charge in [-0.1, -0.05) is 20.8 Å². The van der Waals surface area contributed by atoms with Gasteiger partial charge in [-0.25, -0.2) is 0 Å². The Morgan fingerprint density at radius 1 is 0.974 bits per heavy atom. The minimum absolute atomic E-state index is 0.104. The summed E-state index contributed by atoms with van der Waals surface area (Å²) in [5, 5.41) is 1.04. The highest BCUT2D eigenvalue weighted by Crippen LogP contribution is 2.45. The monoisotopic (exact) mass is 533 g/mol. The summed E-state index contributed by atoms with van der Waals surface area (Å²) < 4.78 is 11.6. The number of ether oxygens (including phenoxy) is 2. The topological polar surface area (TPSA) is 103 Å². The van der Waals surface area contributed by atoms with Gasteiger partial charge in [-0.15, -0.1) is 11.8 Å². The van der Waals surface area contributed by atoms with Crippen molar-refractivity contribution < 1.29 is 14.3 Å². The number of aromatic amines is 1. The second-order valence-electron chi connectivity index (χ2n) is 10.3. The van der Waals surface area contributed by atoms with Gasteiger partial charge in [0.2, 0.25) is 0 Å². The maximum absolute atomic E-state index is 13.3. The molecule has 0 bridgehead atoms. The van der Waals surface area contributed by atoms with Gasteiger partial charge in [-0.3, -0.25) is 24.7 Å². The number of hydrogen-bond donors (Lipinski definition) is 1. The first-order chi connectivity index (χ1) is 18.1. The van der Waals surface area contributed by atoms with Crippen LogP contribution in [0.3, 0.4) is 0 Å². The first-order valence-electron chi connectivity index (χ1n) is 12.7. The molecule has 200 valence electrons. The summed E-state index contributed by atoms with van der Waals surface area (Å²) in [5.41, 5.74) is 5.95. The summed E-state index contributed by atoms with van der Waals surface area (Å²) in [4.78, 5) is 35.5. The number of aromatic nitrogens is 5. The first kappa shape index (κ1) is 27.6. The van der Waals surface area contributed by atoms with Crippen LogP contribution >= 0.6 is 11.8 Å². The number of esters is 1. The zero-order valence-electron chi connectivity index (χ0n) is 23.1. The van der Waals surface area contributed by atoms with Crippen LogP contribution < -0.4 is 4.74 Å². The van der Waals surface area contributed by atoms with Gasteiger partial charge >= 0.3 is 5.97 Å². The van der Waals surface area contributed by atoms with E-state index in [1.54, 1.807) is 36.5 Å². The van der Waals surface area contributed by atoms with E-state index in [1.165, 1.54) is 0 Å². The van der Waals surface area contributed by atoms with Crippen LogP contribution in [0.1, 0.15) is 67.6 Å². The molecule has 1 atom stereocenters. The van der Waals surface area contributed by atoms with E-state index in [1.807, 2.05) is 39.8 Å². The molecule has 0 amide bonds. The molecule has 1 N–H and O–H groups in total. The van der Waals surface area contributed by atoms with E-state index in [2.05, 4.69) is 45.7 Å². The second-order valence-corrected chi connectivity index (χ2v) is 12.1. The Morgan fingerprint density at radius 3 is 2.21 bits per heavy atom. The molecule has 1 unspecified atom stereocenters. The molecule has 0 spiro atoms. The Morgan fingerprint density at radius 2 is 1.63 bits per heavy atom. The van der Waals surface area contributed by atoms with E-state index in [0.717, 1.165) is 55.6 Å². The van der Waals surface area contributed by atoms with E-state index >= 15 is 0 Å². The molecular formula is C29H35N5O3S. The van der Waals surface area contributed by atoms with Crippen molar-refractivity contribution >= 4 is 28.6 Å². The number of carbonyl (C=O) groups is 1. The van der Waals surface area contributed by atoms with Crippen LogP contribution in [-0.4, -0.2) is 42.2 Å². The lowest BCUT2D eigenvalue weighted by atomic mass is 9.99. The summed E-state index contributed by atoms with van der Waals surface area (Å²) in [6, 6.07) is 3.96. The molecule has 3 aromatic heterocycles. The van der Waals surface area contributed by atoms with Crippen molar-refractivity contribution in [2.24, 2.45) is 0 Å². The Bertz CT molecular complexity index is 1410. The Kier molecular flexibility index (Phi) is 8.35. The van der Waals surface area contributed by atoms with Crippen molar-refractivity contribution in [2.45, 2.75) is 77.1 Å². The van der Waals surface area contributed by atoms with Gasteiger partial charge in [0.15, 0.2) is 0 Å². The van der Waals surface area contributed by atoms with Crippen molar-refractivity contribution in [1.82, 2.24) is 24.9 Å². The predicted molar refractivity (Wildman–Crippen MR) is 150 cm³/mol. The number of aryl methyl sites for hydroxylation is 3. The summed E-state index contributed by atoms with van der Waals surface area (Å²) in [6.07, 6.45) is 7.30. The fourth-order valence-corrected chi connectivity index (χ4v) is 5.45. The van der Waals surface area contributed by atoms with Crippen LogP contribution in [0.15, 0.2) is 41.8 Å². The minimum atomic E-state index is -0.559. The lowest BCUT2D eigenvalue weighted by Gasteiger charge is -2.22. The number of thioether (sulfide) groups is 1. The maximum Gasteiger partial charge on any atom is 0.315 e. The summed E-state index contributed by atoms with van der Waals surface area (Å²) in [6.45, 7) is 14.8. The number of carbonyl (C=O) groups excluding carboxylic acids is 1. The highest BCUT2D eigenvalue weighted by molar-refractivity contribution is 8.00. The third-order valence-corrected chi connectivity index (χ3v) is 7.18. The summed E-state index contributed by atoms with van der Waals surface area (Å²) in [7, 11) is 0. The first-order valence-corrected chi connectivity index (χ1v) is 13.6. The maximum atomic E-state index is 13.3. The molecule has 4 aromatic rings. The zero-order chi connectivity index (χ0) is 27.4. The molecule has 0 aliphatic carbocycles. The highest BCUT2D eigenvalue weighted by Gasteiger charge is 2.31. The van der Waals surface area contributed by atoms with E-state index < -0.39 is 5.92 Å². The molecule has 4 rings (SSSR count).